The Morgan fingerprint density at radius 3 is 2.55 bits per heavy atom. The molecule has 5 heteroatoms. The van der Waals surface area contributed by atoms with Crippen molar-refractivity contribution in [3.05, 3.63) is 0 Å². The number of guanidine groups is 1. The molecule has 2 N–H and O–H groups in total. The maximum Gasteiger partial charge on any atom is 0.191 e. The number of rotatable bonds is 8. The summed E-state index contributed by atoms with van der Waals surface area (Å²) >= 11 is 0. The highest BCUT2D eigenvalue weighted by atomic mass is 16.5. The molecule has 0 aromatic carbocycles. The smallest absolute Gasteiger partial charge is 0.191 e. The van der Waals surface area contributed by atoms with Gasteiger partial charge in [-0.25, -0.2) is 0 Å². The van der Waals surface area contributed by atoms with Gasteiger partial charge in [0.2, 0.25) is 0 Å². The van der Waals surface area contributed by atoms with Gasteiger partial charge < -0.3 is 20.3 Å². The van der Waals surface area contributed by atoms with Gasteiger partial charge in [-0.3, -0.25) is 4.99 Å². The van der Waals surface area contributed by atoms with E-state index in [1.165, 1.54) is 6.42 Å². The number of nitrogens with one attached hydrogen (secondary N) is 2. The molecule has 0 aromatic heterocycles. The van der Waals surface area contributed by atoms with Crippen molar-refractivity contribution in [2.75, 3.05) is 40.3 Å². The first-order valence-electron chi connectivity index (χ1n) is 8.69. The van der Waals surface area contributed by atoms with Crippen molar-refractivity contribution < 1.29 is 4.74 Å². The lowest BCUT2D eigenvalue weighted by molar-refractivity contribution is 0.0283. The van der Waals surface area contributed by atoms with Crippen LogP contribution < -0.4 is 10.6 Å². The Morgan fingerprint density at radius 2 is 2.05 bits per heavy atom. The molecular weight excluding hydrogens is 276 g/mol. The molecule has 0 radical (unpaired) electrons. The summed E-state index contributed by atoms with van der Waals surface area (Å²) in [4.78, 5) is 7.02. The van der Waals surface area contributed by atoms with Crippen LogP contribution in [0.15, 0.2) is 4.99 Å². The van der Waals surface area contributed by atoms with Crippen LogP contribution in [-0.4, -0.2) is 62.8 Å². The van der Waals surface area contributed by atoms with Crippen molar-refractivity contribution in [2.24, 2.45) is 10.9 Å². The zero-order valence-electron chi connectivity index (χ0n) is 15.4. The van der Waals surface area contributed by atoms with E-state index in [9.17, 15) is 0 Å². The fourth-order valence-corrected chi connectivity index (χ4v) is 2.78. The van der Waals surface area contributed by atoms with E-state index in [0.29, 0.717) is 12.0 Å². The predicted octanol–water partition coefficient (Wildman–Crippen LogP) is 2.09. The maximum absolute atomic E-state index is 5.81. The number of ether oxygens (including phenoxy) is 1. The van der Waals surface area contributed by atoms with Crippen molar-refractivity contribution >= 4 is 5.96 Å². The molecule has 1 saturated heterocycles. The molecule has 22 heavy (non-hydrogen) atoms. The van der Waals surface area contributed by atoms with E-state index in [-0.39, 0.29) is 5.60 Å². The highest BCUT2D eigenvalue weighted by molar-refractivity contribution is 5.79. The molecule has 0 amide bonds. The summed E-state index contributed by atoms with van der Waals surface area (Å²) in [5.74, 6) is 1.59. The molecule has 1 aliphatic heterocycles. The van der Waals surface area contributed by atoms with E-state index in [1.807, 2.05) is 0 Å². The first-order chi connectivity index (χ1) is 10.4. The summed E-state index contributed by atoms with van der Waals surface area (Å²) in [5.41, 5.74) is -0.0821. The van der Waals surface area contributed by atoms with Crippen molar-refractivity contribution in [2.45, 2.75) is 58.6 Å². The lowest BCUT2D eigenvalue weighted by Crippen LogP contribution is -2.46. The minimum absolute atomic E-state index is 0.0821. The third-order valence-electron chi connectivity index (χ3n) is 4.20. The van der Waals surface area contributed by atoms with Crippen molar-refractivity contribution in [1.82, 2.24) is 15.5 Å². The average molecular weight is 313 g/mol. The molecule has 1 fully saturated rings. The van der Waals surface area contributed by atoms with Crippen molar-refractivity contribution in [3.63, 3.8) is 0 Å². The van der Waals surface area contributed by atoms with Crippen LogP contribution >= 0.6 is 0 Å². The lowest BCUT2D eigenvalue weighted by Gasteiger charge is -2.27. The van der Waals surface area contributed by atoms with Gasteiger partial charge in [-0.15, -0.1) is 0 Å². The van der Waals surface area contributed by atoms with Crippen LogP contribution in [0.3, 0.4) is 0 Å². The van der Waals surface area contributed by atoms with Gasteiger partial charge in [0.15, 0.2) is 5.96 Å². The van der Waals surface area contributed by atoms with Gasteiger partial charge >= 0.3 is 0 Å². The van der Waals surface area contributed by atoms with Gasteiger partial charge in [0, 0.05) is 25.7 Å². The zero-order valence-corrected chi connectivity index (χ0v) is 15.4. The molecular formula is C17H36N4O. The zero-order chi connectivity index (χ0) is 16.6. The summed E-state index contributed by atoms with van der Waals surface area (Å²) in [6, 6.07) is 0.516. The van der Waals surface area contributed by atoms with Crippen LogP contribution in [0.2, 0.25) is 0 Å². The van der Waals surface area contributed by atoms with Gasteiger partial charge in [0.1, 0.15) is 0 Å². The summed E-state index contributed by atoms with van der Waals surface area (Å²) in [7, 11) is 4.29. The van der Waals surface area contributed by atoms with E-state index in [4.69, 9.17) is 9.73 Å². The van der Waals surface area contributed by atoms with E-state index in [0.717, 1.165) is 45.0 Å². The Bertz CT molecular complexity index is 336. The Labute approximate surface area is 136 Å². The number of hydrogen-bond donors (Lipinski definition) is 2. The molecule has 0 spiro atoms. The summed E-state index contributed by atoms with van der Waals surface area (Å²) in [5, 5.41) is 6.83. The average Bonchev–Trinajstić information content (AvgIpc) is 2.87. The van der Waals surface area contributed by atoms with E-state index in [2.05, 4.69) is 57.3 Å². The molecule has 0 aliphatic carbocycles. The van der Waals surface area contributed by atoms with Crippen LogP contribution in [0.5, 0.6) is 0 Å². The standard InChI is InChI=1S/C17H36N4O/c1-7-18-16(20-13-17(4)9-8-10-22-17)19-12-15(21(5)6)11-14(2)3/h14-15H,7-13H2,1-6H3,(H2,18,19,20). The third-order valence-corrected chi connectivity index (χ3v) is 4.20. The molecule has 1 heterocycles. The summed E-state index contributed by atoms with van der Waals surface area (Å²) < 4.78 is 5.81. The molecule has 5 nitrogen and oxygen atoms in total. The molecule has 1 aliphatic rings. The lowest BCUT2D eigenvalue weighted by atomic mass is 10.0. The molecule has 2 unspecified atom stereocenters. The normalized spacial score (nSPS) is 24.1. The first kappa shape index (κ1) is 19.2. The number of nitrogens with zero attached hydrogens (tertiary/aromatic N) is 2. The Morgan fingerprint density at radius 1 is 1.32 bits per heavy atom. The third kappa shape index (κ3) is 6.97. The fourth-order valence-electron chi connectivity index (χ4n) is 2.78. The minimum Gasteiger partial charge on any atom is -0.373 e. The second-order valence-electron chi connectivity index (χ2n) is 7.22. The SMILES string of the molecule is CCNC(=NCC1(C)CCCO1)NCC(CC(C)C)N(C)C. The van der Waals surface area contributed by atoms with Crippen LogP contribution in [-0.2, 0) is 4.74 Å². The maximum atomic E-state index is 5.81. The highest BCUT2D eigenvalue weighted by Crippen LogP contribution is 2.24. The number of aliphatic imine (C=N–C) groups is 1. The van der Waals surface area contributed by atoms with E-state index >= 15 is 0 Å². The van der Waals surface area contributed by atoms with Crippen molar-refractivity contribution in [3.8, 4) is 0 Å². The molecule has 0 bridgehead atoms. The second kappa shape index (κ2) is 9.36. The van der Waals surface area contributed by atoms with Crippen LogP contribution in [0.4, 0.5) is 0 Å². The number of hydrogen-bond acceptors (Lipinski definition) is 3. The Balaban J connectivity index is 2.54. The monoisotopic (exact) mass is 312 g/mol. The van der Waals surface area contributed by atoms with Gasteiger partial charge in [0.25, 0.3) is 0 Å². The minimum atomic E-state index is -0.0821. The molecule has 0 aromatic rings. The summed E-state index contributed by atoms with van der Waals surface area (Å²) in [6.45, 7) is 12.2. The summed E-state index contributed by atoms with van der Waals surface area (Å²) in [6.07, 6.45) is 3.43. The Kier molecular flexibility index (Phi) is 8.18. The fraction of sp³-hybridized carbons (Fsp3) is 0.941. The first-order valence-corrected chi connectivity index (χ1v) is 8.69. The van der Waals surface area contributed by atoms with Crippen LogP contribution in [0.1, 0.15) is 47.0 Å². The predicted molar refractivity (Wildman–Crippen MR) is 94.5 cm³/mol. The van der Waals surface area contributed by atoms with Gasteiger partial charge in [-0.2, -0.15) is 0 Å². The Hall–Kier alpha value is -0.810. The molecule has 1 rings (SSSR count). The molecule has 0 saturated carbocycles. The highest BCUT2D eigenvalue weighted by Gasteiger charge is 2.29. The number of likely N-dealkylation sites (N-methyl/N-ethyl adjacent to an activating group) is 1. The van der Waals surface area contributed by atoms with E-state index < -0.39 is 0 Å². The van der Waals surface area contributed by atoms with Gasteiger partial charge in [-0.05, 0) is 53.1 Å². The quantitative estimate of drug-likeness (QED) is 0.532. The van der Waals surface area contributed by atoms with Gasteiger partial charge in [-0.1, -0.05) is 13.8 Å². The van der Waals surface area contributed by atoms with Crippen LogP contribution in [0, 0.1) is 5.92 Å². The second-order valence-corrected chi connectivity index (χ2v) is 7.22. The molecule has 2 atom stereocenters. The van der Waals surface area contributed by atoms with Crippen LogP contribution in [0.25, 0.3) is 0 Å². The molecule has 130 valence electrons. The topological polar surface area (TPSA) is 48.9 Å². The van der Waals surface area contributed by atoms with Gasteiger partial charge in [0.05, 0.1) is 12.1 Å². The largest absolute Gasteiger partial charge is 0.373 e. The van der Waals surface area contributed by atoms with E-state index in [1.54, 1.807) is 0 Å². The van der Waals surface area contributed by atoms with Crippen molar-refractivity contribution in [1.29, 1.82) is 0 Å².